The van der Waals surface area contributed by atoms with Crippen LogP contribution >= 0.6 is 23.2 Å². The van der Waals surface area contributed by atoms with E-state index in [0.717, 1.165) is 5.75 Å². The molecule has 0 unspecified atom stereocenters. The van der Waals surface area contributed by atoms with Gasteiger partial charge in [0.1, 0.15) is 12.4 Å². The van der Waals surface area contributed by atoms with Crippen molar-refractivity contribution in [2.45, 2.75) is 0 Å². The van der Waals surface area contributed by atoms with Crippen molar-refractivity contribution in [3.05, 3.63) is 46.7 Å². The molecule has 0 aliphatic heterocycles. The fourth-order valence-corrected chi connectivity index (χ4v) is 1.65. The molecule has 18 heavy (non-hydrogen) atoms. The summed E-state index contributed by atoms with van der Waals surface area (Å²) in [5.41, 5.74) is 0.647. The van der Waals surface area contributed by atoms with Crippen molar-refractivity contribution in [3.63, 3.8) is 0 Å². The third-order valence-corrected chi connectivity index (χ3v) is 2.61. The second-order valence-electron chi connectivity index (χ2n) is 3.46. The van der Waals surface area contributed by atoms with Gasteiger partial charge >= 0.3 is 0 Å². The number of halogens is 2. The SMILES string of the molecule is Clc1cc(NCCOc2ccccc2)c(Cl)nn1. The molecule has 1 N–H and O–H groups in total. The Morgan fingerprint density at radius 2 is 1.89 bits per heavy atom. The lowest BCUT2D eigenvalue weighted by Gasteiger charge is -2.09. The number of anilines is 1. The molecule has 2 rings (SSSR count). The van der Waals surface area contributed by atoms with Crippen LogP contribution in [0.5, 0.6) is 5.75 Å². The number of para-hydroxylation sites is 1. The monoisotopic (exact) mass is 283 g/mol. The normalized spacial score (nSPS) is 10.1. The summed E-state index contributed by atoms with van der Waals surface area (Å²) in [5, 5.41) is 11.0. The summed E-state index contributed by atoms with van der Waals surface area (Å²) in [6, 6.07) is 11.2. The molecular formula is C12H11Cl2N3O. The lowest BCUT2D eigenvalue weighted by atomic mass is 10.3. The van der Waals surface area contributed by atoms with Crippen LogP contribution in [0, 0.1) is 0 Å². The van der Waals surface area contributed by atoms with Crippen LogP contribution in [-0.4, -0.2) is 23.3 Å². The first-order valence-corrected chi connectivity index (χ1v) is 6.12. The average molecular weight is 284 g/mol. The van der Waals surface area contributed by atoms with E-state index in [1.807, 2.05) is 30.3 Å². The van der Waals surface area contributed by atoms with Crippen LogP contribution in [0.25, 0.3) is 0 Å². The van der Waals surface area contributed by atoms with E-state index >= 15 is 0 Å². The van der Waals surface area contributed by atoms with E-state index in [1.165, 1.54) is 0 Å². The lowest BCUT2D eigenvalue weighted by Crippen LogP contribution is -2.12. The van der Waals surface area contributed by atoms with Gasteiger partial charge in [0.15, 0.2) is 10.3 Å². The van der Waals surface area contributed by atoms with Gasteiger partial charge in [0, 0.05) is 12.6 Å². The van der Waals surface area contributed by atoms with Crippen LogP contribution in [0.2, 0.25) is 10.3 Å². The number of benzene rings is 1. The van der Waals surface area contributed by atoms with E-state index in [0.29, 0.717) is 29.1 Å². The van der Waals surface area contributed by atoms with Gasteiger partial charge in [0.2, 0.25) is 0 Å². The smallest absolute Gasteiger partial charge is 0.174 e. The summed E-state index contributed by atoms with van der Waals surface area (Å²) in [4.78, 5) is 0. The Kier molecular flexibility index (Phi) is 4.61. The Hall–Kier alpha value is -1.52. The molecule has 1 aromatic carbocycles. The highest BCUT2D eigenvalue weighted by molar-refractivity contribution is 6.33. The zero-order valence-corrected chi connectivity index (χ0v) is 10.9. The van der Waals surface area contributed by atoms with Crippen molar-refractivity contribution in [3.8, 4) is 5.75 Å². The molecule has 0 saturated carbocycles. The van der Waals surface area contributed by atoms with Crippen molar-refractivity contribution in [2.24, 2.45) is 0 Å². The number of hydrogen-bond acceptors (Lipinski definition) is 4. The Bertz CT molecular complexity index is 508. The van der Waals surface area contributed by atoms with E-state index in [9.17, 15) is 0 Å². The van der Waals surface area contributed by atoms with E-state index in [4.69, 9.17) is 27.9 Å². The summed E-state index contributed by atoms with van der Waals surface area (Å²) in [5.74, 6) is 0.830. The Labute approximate surface area is 115 Å². The topological polar surface area (TPSA) is 47.0 Å². The van der Waals surface area contributed by atoms with Gasteiger partial charge in [-0.15, -0.1) is 10.2 Å². The largest absolute Gasteiger partial charge is 0.492 e. The molecule has 0 bridgehead atoms. The molecule has 2 aromatic rings. The number of ether oxygens (including phenoxy) is 1. The molecule has 6 heteroatoms. The second kappa shape index (κ2) is 6.42. The molecule has 0 aliphatic carbocycles. The molecule has 1 aromatic heterocycles. The third kappa shape index (κ3) is 3.75. The minimum absolute atomic E-state index is 0.291. The quantitative estimate of drug-likeness (QED) is 0.856. The van der Waals surface area contributed by atoms with Gasteiger partial charge in [-0.05, 0) is 12.1 Å². The van der Waals surface area contributed by atoms with Crippen LogP contribution in [0.4, 0.5) is 5.69 Å². The standard InChI is InChI=1S/C12H11Cl2N3O/c13-11-8-10(12(14)17-16-11)15-6-7-18-9-4-2-1-3-5-9/h1-5,8H,6-7H2,(H,15,16). The predicted molar refractivity (Wildman–Crippen MR) is 72.5 cm³/mol. The maximum atomic E-state index is 5.86. The lowest BCUT2D eigenvalue weighted by molar-refractivity contribution is 0.333. The molecule has 4 nitrogen and oxygen atoms in total. The second-order valence-corrected chi connectivity index (χ2v) is 4.21. The summed E-state index contributed by atoms with van der Waals surface area (Å²) in [6.07, 6.45) is 0. The Balaban J connectivity index is 1.80. The molecule has 0 amide bonds. The number of hydrogen-bond donors (Lipinski definition) is 1. The number of rotatable bonds is 5. The number of nitrogens with one attached hydrogen (secondary N) is 1. The molecule has 0 spiro atoms. The third-order valence-electron chi connectivity index (χ3n) is 2.15. The summed E-state index contributed by atoms with van der Waals surface area (Å²) in [7, 11) is 0. The van der Waals surface area contributed by atoms with E-state index in [-0.39, 0.29) is 0 Å². The van der Waals surface area contributed by atoms with Crippen LogP contribution in [0.15, 0.2) is 36.4 Å². The van der Waals surface area contributed by atoms with Crippen LogP contribution in [-0.2, 0) is 0 Å². The van der Waals surface area contributed by atoms with Gasteiger partial charge in [-0.3, -0.25) is 0 Å². The minimum Gasteiger partial charge on any atom is -0.492 e. The predicted octanol–water partition coefficient (Wildman–Crippen LogP) is 3.27. The maximum Gasteiger partial charge on any atom is 0.174 e. The van der Waals surface area contributed by atoms with E-state index in [1.54, 1.807) is 6.07 Å². The molecule has 0 radical (unpaired) electrons. The minimum atomic E-state index is 0.291. The molecule has 0 fully saturated rings. The van der Waals surface area contributed by atoms with Crippen molar-refractivity contribution >= 4 is 28.9 Å². The van der Waals surface area contributed by atoms with Crippen molar-refractivity contribution < 1.29 is 4.74 Å². The molecule has 1 heterocycles. The first kappa shape index (κ1) is 12.9. The fourth-order valence-electron chi connectivity index (χ4n) is 1.35. The molecular weight excluding hydrogens is 273 g/mol. The highest BCUT2D eigenvalue weighted by Crippen LogP contribution is 2.20. The average Bonchev–Trinajstić information content (AvgIpc) is 2.40. The van der Waals surface area contributed by atoms with E-state index < -0.39 is 0 Å². The van der Waals surface area contributed by atoms with Gasteiger partial charge in [-0.2, -0.15) is 0 Å². The van der Waals surface area contributed by atoms with Crippen LogP contribution in [0.1, 0.15) is 0 Å². The Morgan fingerprint density at radius 3 is 2.67 bits per heavy atom. The zero-order valence-electron chi connectivity index (χ0n) is 9.44. The van der Waals surface area contributed by atoms with Gasteiger partial charge in [-0.1, -0.05) is 41.4 Å². The molecule has 0 saturated heterocycles. The van der Waals surface area contributed by atoms with Gasteiger partial charge in [-0.25, -0.2) is 0 Å². The van der Waals surface area contributed by atoms with Crippen molar-refractivity contribution in [1.82, 2.24) is 10.2 Å². The number of nitrogens with zero attached hydrogens (tertiary/aromatic N) is 2. The zero-order chi connectivity index (χ0) is 12.8. The van der Waals surface area contributed by atoms with Crippen LogP contribution < -0.4 is 10.1 Å². The van der Waals surface area contributed by atoms with Crippen LogP contribution in [0.3, 0.4) is 0 Å². The van der Waals surface area contributed by atoms with Gasteiger partial charge in [0.25, 0.3) is 0 Å². The summed E-state index contributed by atoms with van der Waals surface area (Å²) in [6.45, 7) is 1.11. The number of aromatic nitrogens is 2. The summed E-state index contributed by atoms with van der Waals surface area (Å²) < 4.78 is 5.52. The Morgan fingerprint density at radius 1 is 1.11 bits per heavy atom. The van der Waals surface area contributed by atoms with Crippen molar-refractivity contribution in [1.29, 1.82) is 0 Å². The highest BCUT2D eigenvalue weighted by atomic mass is 35.5. The van der Waals surface area contributed by atoms with Gasteiger partial charge in [0.05, 0.1) is 5.69 Å². The fraction of sp³-hybridized carbons (Fsp3) is 0.167. The van der Waals surface area contributed by atoms with Gasteiger partial charge < -0.3 is 10.1 Å². The molecule has 0 atom stereocenters. The maximum absolute atomic E-state index is 5.86. The first-order chi connectivity index (χ1) is 8.75. The first-order valence-electron chi connectivity index (χ1n) is 5.36. The molecule has 0 aliphatic rings. The van der Waals surface area contributed by atoms with Crippen molar-refractivity contribution in [2.75, 3.05) is 18.5 Å². The summed E-state index contributed by atoms with van der Waals surface area (Å²) >= 11 is 11.6. The molecule has 94 valence electrons. The van der Waals surface area contributed by atoms with E-state index in [2.05, 4.69) is 15.5 Å². The highest BCUT2D eigenvalue weighted by Gasteiger charge is 2.03.